The normalized spacial score (nSPS) is 9.19. The van der Waals surface area contributed by atoms with Crippen LogP contribution in [0.5, 0.6) is 5.75 Å². The Hall–Kier alpha value is -0.510. The van der Waals surface area contributed by atoms with E-state index < -0.39 is 5.97 Å². The molecule has 0 aliphatic rings. The maximum atomic E-state index is 10.1. The lowest BCUT2D eigenvalue weighted by Crippen LogP contribution is -1.97. The minimum atomic E-state index is -1.17. The lowest BCUT2D eigenvalue weighted by Gasteiger charge is -2.07. The molecule has 0 unspecified atom stereocenters. The molecule has 3 nitrogen and oxygen atoms in total. The number of aliphatic carboxylic acids is 1. The minimum Gasteiger partial charge on any atom is -0.479 e. The van der Waals surface area contributed by atoms with Crippen LogP contribution in [0.1, 0.15) is 0 Å². The van der Waals surface area contributed by atoms with E-state index in [0.717, 1.165) is 13.4 Å². The summed E-state index contributed by atoms with van der Waals surface area (Å²) in [6, 6.07) is 3.65. The van der Waals surface area contributed by atoms with Crippen molar-refractivity contribution in [2.45, 2.75) is 0 Å². The number of carbonyl (C=O) groups is 1. The van der Waals surface area contributed by atoms with Crippen LogP contribution in [0.2, 0.25) is 0 Å². The van der Waals surface area contributed by atoms with Crippen molar-refractivity contribution in [3.63, 3.8) is 0 Å². The fourth-order valence-corrected chi connectivity index (χ4v) is 3.37. The summed E-state index contributed by atoms with van der Waals surface area (Å²) in [6.07, 6.45) is 0. The van der Waals surface area contributed by atoms with Gasteiger partial charge in [0.2, 0.25) is 0 Å². The first-order chi connectivity index (χ1) is 7.50. The Morgan fingerprint density at radius 2 is 1.88 bits per heavy atom. The van der Waals surface area contributed by atoms with Crippen LogP contribution in [-0.4, -0.2) is 17.7 Å². The molecule has 0 spiro atoms. The van der Waals surface area contributed by atoms with Crippen molar-refractivity contribution >= 4 is 53.8 Å². The van der Waals surface area contributed by atoms with Crippen LogP contribution >= 0.6 is 47.8 Å². The highest BCUT2D eigenvalue weighted by atomic mass is 79.9. The van der Waals surface area contributed by atoms with Gasteiger partial charge in [0, 0.05) is 10.4 Å². The number of carboxylic acids is 1. The smallest absolute Gasteiger partial charge is 0.382 e. The molecular weight excluding hydrogens is 408 g/mol. The third-order valence-corrected chi connectivity index (χ3v) is 3.08. The van der Waals surface area contributed by atoms with E-state index in [0.29, 0.717) is 5.75 Å². The van der Waals surface area contributed by atoms with Gasteiger partial charge in [0.25, 0.3) is 0 Å². The topological polar surface area (TPSA) is 46.5 Å². The predicted octanol–water partition coefficient (Wildman–Crippen LogP) is 3.44. The van der Waals surface area contributed by atoms with Gasteiger partial charge in [0.05, 0.1) is 8.95 Å². The van der Waals surface area contributed by atoms with E-state index in [1.165, 1.54) is 0 Å². The minimum absolute atomic E-state index is 0.0190. The fourth-order valence-electron chi connectivity index (χ4n) is 0.887. The number of hydrogen-bond acceptors (Lipinski definition) is 2. The van der Waals surface area contributed by atoms with E-state index in [1.807, 2.05) is 18.1 Å². The fraction of sp³-hybridized carbons (Fsp3) is 0.100. The van der Waals surface area contributed by atoms with Crippen LogP contribution in [0.25, 0.3) is 0 Å². The summed E-state index contributed by atoms with van der Waals surface area (Å²) >= 11 is 9.99. The molecule has 16 heavy (non-hydrogen) atoms. The zero-order chi connectivity index (χ0) is 12.1. The Balaban J connectivity index is 2.76. The van der Waals surface area contributed by atoms with E-state index in [-0.39, 0.29) is 6.61 Å². The Bertz CT molecular complexity index is 451. The van der Waals surface area contributed by atoms with Crippen molar-refractivity contribution in [1.29, 1.82) is 0 Å². The van der Waals surface area contributed by atoms with Crippen LogP contribution in [-0.2, 0) is 4.79 Å². The molecule has 0 amide bonds. The number of halogens is 3. The Kier molecular flexibility index (Phi) is 5.32. The summed E-state index contributed by atoms with van der Waals surface area (Å²) in [4.78, 5) is 10.1. The molecule has 1 N–H and O–H groups in total. The molecule has 0 heterocycles. The quantitative estimate of drug-likeness (QED) is 0.757. The van der Waals surface area contributed by atoms with Crippen molar-refractivity contribution in [3.8, 4) is 17.6 Å². The Morgan fingerprint density at radius 3 is 2.38 bits per heavy atom. The van der Waals surface area contributed by atoms with Gasteiger partial charge in [-0.25, -0.2) is 4.79 Å². The van der Waals surface area contributed by atoms with Gasteiger partial charge >= 0.3 is 5.97 Å². The number of rotatable bonds is 2. The Morgan fingerprint density at radius 1 is 1.31 bits per heavy atom. The molecule has 0 atom stereocenters. The average molecular weight is 413 g/mol. The lowest BCUT2D eigenvalue weighted by molar-refractivity contribution is -0.130. The van der Waals surface area contributed by atoms with E-state index in [1.54, 1.807) is 0 Å². The van der Waals surface area contributed by atoms with Gasteiger partial charge in [-0.05, 0) is 49.9 Å². The third-order valence-electron chi connectivity index (χ3n) is 1.45. The maximum Gasteiger partial charge on any atom is 0.382 e. The first-order valence-corrected chi connectivity index (χ1v) is 6.37. The number of carboxylic acid groups (broad SMARTS) is 1. The Labute approximate surface area is 118 Å². The SMILES string of the molecule is O=C(O)C#CCOc1c(Br)cc(Br)cc1Br. The standard InChI is InChI=1S/C10H5Br3O3/c11-6-4-7(12)10(8(13)5-6)16-3-1-2-9(14)15/h4-5H,3H2,(H,14,15). The van der Waals surface area contributed by atoms with Crippen molar-refractivity contribution in [3.05, 3.63) is 25.6 Å². The highest BCUT2D eigenvalue weighted by Crippen LogP contribution is 2.36. The predicted molar refractivity (Wildman–Crippen MR) is 70.4 cm³/mol. The molecule has 0 radical (unpaired) electrons. The summed E-state index contributed by atoms with van der Waals surface area (Å²) in [5, 5.41) is 8.30. The molecule has 6 heteroatoms. The van der Waals surface area contributed by atoms with Gasteiger partial charge in [0.15, 0.2) is 0 Å². The second kappa shape index (κ2) is 6.28. The van der Waals surface area contributed by atoms with Crippen LogP contribution in [0.3, 0.4) is 0 Å². The van der Waals surface area contributed by atoms with Crippen molar-refractivity contribution in [1.82, 2.24) is 0 Å². The molecule has 0 saturated carbocycles. The summed E-state index contributed by atoms with van der Waals surface area (Å²) in [6.45, 7) is 0.0190. The van der Waals surface area contributed by atoms with Crippen LogP contribution in [0.15, 0.2) is 25.6 Å². The second-order valence-electron chi connectivity index (χ2n) is 2.59. The molecule has 0 aromatic heterocycles. The highest BCUT2D eigenvalue weighted by molar-refractivity contribution is 9.11. The van der Waals surface area contributed by atoms with Gasteiger partial charge in [0.1, 0.15) is 12.4 Å². The third kappa shape index (κ3) is 4.16. The molecule has 0 saturated heterocycles. The molecule has 1 aromatic rings. The average Bonchev–Trinajstić information content (AvgIpc) is 2.14. The molecule has 1 aromatic carbocycles. The van der Waals surface area contributed by atoms with Gasteiger partial charge in [-0.2, -0.15) is 0 Å². The number of hydrogen-bond donors (Lipinski definition) is 1. The van der Waals surface area contributed by atoms with Gasteiger partial charge < -0.3 is 9.84 Å². The molecule has 1 rings (SSSR count). The lowest BCUT2D eigenvalue weighted by atomic mass is 10.3. The summed E-state index contributed by atoms with van der Waals surface area (Å²) in [5.41, 5.74) is 0. The number of benzene rings is 1. The zero-order valence-electron chi connectivity index (χ0n) is 7.76. The van der Waals surface area contributed by atoms with Crippen LogP contribution in [0.4, 0.5) is 0 Å². The molecule has 0 aliphatic heterocycles. The second-order valence-corrected chi connectivity index (χ2v) is 5.22. The summed E-state index contributed by atoms with van der Waals surface area (Å²) in [5.74, 6) is 3.76. The largest absolute Gasteiger partial charge is 0.479 e. The van der Waals surface area contributed by atoms with Crippen LogP contribution < -0.4 is 4.74 Å². The molecule has 0 aliphatic carbocycles. The summed E-state index contributed by atoms with van der Waals surface area (Å²) < 4.78 is 7.73. The van der Waals surface area contributed by atoms with Crippen molar-refractivity contribution in [2.24, 2.45) is 0 Å². The van der Waals surface area contributed by atoms with Crippen molar-refractivity contribution < 1.29 is 14.6 Å². The van der Waals surface area contributed by atoms with Gasteiger partial charge in [-0.15, -0.1) is 0 Å². The number of ether oxygens (including phenoxy) is 1. The monoisotopic (exact) mass is 410 g/mol. The van der Waals surface area contributed by atoms with Crippen LogP contribution in [0, 0.1) is 11.8 Å². The molecule has 0 bridgehead atoms. The van der Waals surface area contributed by atoms with Crippen molar-refractivity contribution in [2.75, 3.05) is 6.61 Å². The zero-order valence-corrected chi connectivity index (χ0v) is 12.5. The van der Waals surface area contributed by atoms with E-state index >= 15 is 0 Å². The first kappa shape index (κ1) is 13.6. The van der Waals surface area contributed by atoms with E-state index in [9.17, 15) is 4.79 Å². The van der Waals surface area contributed by atoms with Gasteiger partial charge in [-0.1, -0.05) is 15.9 Å². The first-order valence-electron chi connectivity index (χ1n) is 4.00. The maximum absolute atomic E-state index is 10.1. The summed E-state index contributed by atoms with van der Waals surface area (Å²) in [7, 11) is 0. The molecular formula is C10H5Br3O3. The van der Waals surface area contributed by atoms with E-state index in [4.69, 9.17) is 9.84 Å². The molecule has 84 valence electrons. The van der Waals surface area contributed by atoms with Gasteiger partial charge in [-0.3, -0.25) is 0 Å². The molecule has 0 fully saturated rings. The highest BCUT2D eigenvalue weighted by Gasteiger charge is 2.07. The van der Waals surface area contributed by atoms with E-state index in [2.05, 4.69) is 53.7 Å².